The lowest BCUT2D eigenvalue weighted by Gasteiger charge is -2.17. The van der Waals surface area contributed by atoms with Crippen LogP contribution in [0.3, 0.4) is 0 Å². The van der Waals surface area contributed by atoms with Gasteiger partial charge in [0.2, 0.25) is 0 Å². The third-order valence-corrected chi connectivity index (χ3v) is 2.81. The molecule has 0 fully saturated rings. The van der Waals surface area contributed by atoms with E-state index in [2.05, 4.69) is 32.1 Å². The Morgan fingerprint density at radius 3 is 2.58 bits per heavy atom. The normalized spacial score (nSPS) is 10.4. The third-order valence-electron chi connectivity index (χ3n) is 2.81. The zero-order valence-electron chi connectivity index (χ0n) is 11.4. The SMILES string of the molecule is CCNCc1cnc(N(C)Cc2ccncc2)cn1. The summed E-state index contributed by atoms with van der Waals surface area (Å²) >= 11 is 0. The van der Waals surface area contributed by atoms with Crippen LogP contribution in [0.2, 0.25) is 0 Å². The molecule has 0 atom stereocenters. The molecule has 5 nitrogen and oxygen atoms in total. The molecule has 0 saturated carbocycles. The molecule has 0 amide bonds. The Kier molecular flexibility index (Phi) is 4.80. The molecule has 5 heteroatoms. The van der Waals surface area contributed by atoms with Crippen molar-refractivity contribution in [2.24, 2.45) is 0 Å². The fraction of sp³-hybridized carbons (Fsp3) is 0.357. The lowest BCUT2D eigenvalue weighted by Crippen LogP contribution is -2.19. The average molecular weight is 257 g/mol. The van der Waals surface area contributed by atoms with Gasteiger partial charge in [0.1, 0.15) is 5.82 Å². The van der Waals surface area contributed by atoms with Crippen LogP contribution in [0.4, 0.5) is 5.82 Å². The van der Waals surface area contributed by atoms with Gasteiger partial charge in [-0.25, -0.2) is 4.98 Å². The van der Waals surface area contributed by atoms with E-state index in [-0.39, 0.29) is 0 Å². The molecule has 2 rings (SSSR count). The largest absolute Gasteiger partial charge is 0.354 e. The molecule has 100 valence electrons. The Morgan fingerprint density at radius 1 is 1.16 bits per heavy atom. The molecule has 0 aliphatic heterocycles. The molecule has 19 heavy (non-hydrogen) atoms. The highest BCUT2D eigenvalue weighted by Crippen LogP contribution is 2.10. The van der Waals surface area contributed by atoms with E-state index in [4.69, 9.17) is 0 Å². The van der Waals surface area contributed by atoms with Gasteiger partial charge >= 0.3 is 0 Å². The monoisotopic (exact) mass is 257 g/mol. The minimum atomic E-state index is 0.762. The summed E-state index contributed by atoms with van der Waals surface area (Å²) in [6, 6.07) is 4.01. The maximum Gasteiger partial charge on any atom is 0.147 e. The maximum absolute atomic E-state index is 4.44. The Labute approximate surface area is 113 Å². The van der Waals surface area contributed by atoms with Gasteiger partial charge in [-0.2, -0.15) is 0 Å². The zero-order valence-corrected chi connectivity index (χ0v) is 11.4. The molecular formula is C14H19N5. The highest BCUT2D eigenvalue weighted by Gasteiger charge is 2.04. The molecule has 1 N–H and O–H groups in total. The molecule has 2 aromatic rings. The van der Waals surface area contributed by atoms with Crippen LogP contribution in [0.25, 0.3) is 0 Å². The summed E-state index contributed by atoms with van der Waals surface area (Å²) in [6.07, 6.45) is 7.23. The van der Waals surface area contributed by atoms with Crippen molar-refractivity contribution in [3.05, 3.63) is 48.2 Å². The minimum Gasteiger partial charge on any atom is -0.354 e. The maximum atomic E-state index is 4.44. The quantitative estimate of drug-likeness (QED) is 0.852. The number of hydrogen-bond donors (Lipinski definition) is 1. The molecule has 0 unspecified atom stereocenters. The zero-order chi connectivity index (χ0) is 13.5. The number of hydrogen-bond acceptors (Lipinski definition) is 5. The van der Waals surface area contributed by atoms with E-state index >= 15 is 0 Å². The number of pyridine rings is 1. The lowest BCUT2D eigenvalue weighted by atomic mass is 10.2. The molecular weight excluding hydrogens is 238 g/mol. The molecule has 2 heterocycles. The van der Waals surface area contributed by atoms with Crippen molar-refractivity contribution in [1.82, 2.24) is 20.3 Å². The number of anilines is 1. The van der Waals surface area contributed by atoms with Gasteiger partial charge in [0.25, 0.3) is 0 Å². The van der Waals surface area contributed by atoms with Crippen LogP contribution >= 0.6 is 0 Å². The van der Waals surface area contributed by atoms with Gasteiger partial charge in [-0.05, 0) is 24.2 Å². The molecule has 0 spiro atoms. The standard InChI is InChI=1S/C14H19N5/c1-3-15-8-13-9-18-14(10-17-13)19(2)11-12-4-6-16-7-5-12/h4-7,9-10,15H,3,8,11H2,1-2H3. The second-order valence-corrected chi connectivity index (χ2v) is 4.36. The molecule has 2 aromatic heterocycles. The molecule has 0 saturated heterocycles. The minimum absolute atomic E-state index is 0.762. The van der Waals surface area contributed by atoms with E-state index < -0.39 is 0 Å². The molecule has 0 aromatic carbocycles. The highest BCUT2D eigenvalue weighted by molar-refractivity contribution is 5.35. The van der Waals surface area contributed by atoms with E-state index in [1.54, 1.807) is 12.4 Å². The summed E-state index contributed by atoms with van der Waals surface area (Å²) < 4.78 is 0. The van der Waals surface area contributed by atoms with Crippen molar-refractivity contribution >= 4 is 5.82 Å². The summed E-state index contributed by atoms with van der Waals surface area (Å²) in [5.41, 5.74) is 2.17. The summed E-state index contributed by atoms with van der Waals surface area (Å²) in [7, 11) is 2.01. The van der Waals surface area contributed by atoms with E-state index in [9.17, 15) is 0 Å². The third kappa shape index (κ3) is 3.99. The van der Waals surface area contributed by atoms with Gasteiger partial charge in [-0.3, -0.25) is 9.97 Å². The van der Waals surface area contributed by atoms with E-state index in [1.165, 1.54) is 5.56 Å². The van der Waals surface area contributed by atoms with Crippen LogP contribution < -0.4 is 10.2 Å². The van der Waals surface area contributed by atoms with Gasteiger partial charge < -0.3 is 10.2 Å². The molecule has 0 aliphatic carbocycles. The fourth-order valence-electron chi connectivity index (χ4n) is 1.73. The Hall–Kier alpha value is -2.01. The smallest absolute Gasteiger partial charge is 0.147 e. The van der Waals surface area contributed by atoms with Crippen LogP contribution in [-0.4, -0.2) is 28.5 Å². The van der Waals surface area contributed by atoms with Crippen molar-refractivity contribution in [3.8, 4) is 0 Å². The molecule has 0 radical (unpaired) electrons. The summed E-state index contributed by atoms with van der Waals surface area (Å²) in [6.45, 7) is 4.57. The first-order valence-corrected chi connectivity index (χ1v) is 6.41. The van der Waals surface area contributed by atoms with Gasteiger partial charge in [-0.15, -0.1) is 0 Å². The van der Waals surface area contributed by atoms with Crippen LogP contribution in [0.1, 0.15) is 18.2 Å². The van der Waals surface area contributed by atoms with Crippen LogP contribution in [0.15, 0.2) is 36.9 Å². The first kappa shape index (κ1) is 13.4. The summed E-state index contributed by atoms with van der Waals surface area (Å²) in [5.74, 6) is 0.872. The van der Waals surface area contributed by atoms with Crippen LogP contribution in [0, 0.1) is 0 Å². The second-order valence-electron chi connectivity index (χ2n) is 4.36. The second kappa shape index (κ2) is 6.80. The topological polar surface area (TPSA) is 53.9 Å². The van der Waals surface area contributed by atoms with Gasteiger partial charge in [0.15, 0.2) is 0 Å². The van der Waals surface area contributed by atoms with Crippen LogP contribution in [-0.2, 0) is 13.1 Å². The Morgan fingerprint density at radius 2 is 1.95 bits per heavy atom. The van der Waals surface area contributed by atoms with Crippen LogP contribution in [0.5, 0.6) is 0 Å². The average Bonchev–Trinajstić information content (AvgIpc) is 2.46. The number of nitrogens with one attached hydrogen (secondary N) is 1. The fourth-order valence-corrected chi connectivity index (χ4v) is 1.73. The van der Waals surface area contributed by atoms with Crippen molar-refractivity contribution < 1.29 is 0 Å². The first-order valence-electron chi connectivity index (χ1n) is 6.41. The van der Waals surface area contributed by atoms with Crippen molar-refractivity contribution in [1.29, 1.82) is 0 Å². The van der Waals surface area contributed by atoms with Crippen molar-refractivity contribution in [2.45, 2.75) is 20.0 Å². The number of aromatic nitrogens is 3. The highest BCUT2D eigenvalue weighted by atomic mass is 15.2. The van der Waals surface area contributed by atoms with E-state index in [0.717, 1.165) is 31.1 Å². The first-order chi connectivity index (χ1) is 9.29. The van der Waals surface area contributed by atoms with Gasteiger partial charge in [0, 0.05) is 32.5 Å². The summed E-state index contributed by atoms with van der Waals surface area (Å²) in [5, 5.41) is 3.23. The molecule has 0 aliphatic rings. The van der Waals surface area contributed by atoms with Crippen molar-refractivity contribution in [2.75, 3.05) is 18.5 Å². The number of rotatable bonds is 6. The van der Waals surface area contributed by atoms with Gasteiger partial charge in [-0.1, -0.05) is 6.92 Å². The lowest BCUT2D eigenvalue weighted by molar-refractivity contribution is 0.706. The van der Waals surface area contributed by atoms with E-state index in [1.807, 2.05) is 31.6 Å². The predicted molar refractivity (Wildman–Crippen MR) is 75.8 cm³/mol. The van der Waals surface area contributed by atoms with E-state index in [0.29, 0.717) is 0 Å². The van der Waals surface area contributed by atoms with Crippen molar-refractivity contribution in [3.63, 3.8) is 0 Å². The summed E-state index contributed by atoms with van der Waals surface area (Å²) in [4.78, 5) is 14.9. The van der Waals surface area contributed by atoms with Gasteiger partial charge in [0.05, 0.1) is 18.1 Å². The number of nitrogens with zero attached hydrogens (tertiary/aromatic N) is 4. The Balaban J connectivity index is 1.97. The Bertz CT molecular complexity index is 483. The molecule has 0 bridgehead atoms. The predicted octanol–water partition coefficient (Wildman–Crippen LogP) is 1.62.